The average molecular weight is 1360 g/mol. The largest absolute Gasteiger partial charge is 0.490 e. The van der Waals surface area contributed by atoms with Crippen molar-refractivity contribution in [3.8, 4) is 11.5 Å². The minimum Gasteiger partial charge on any atom is -0.490 e. The normalized spacial score (nSPS) is 32.2. The Morgan fingerprint density at radius 3 is 1.33 bits per heavy atom. The van der Waals surface area contributed by atoms with Crippen LogP contribution in [0.5, 0.6) is 11.5 Å². The molecule has 20 heteroatoms. The molecule has 12 atom stereocenters. The molecule has 500 valence electrons. The summed E-state index contributed by atoms with van der Waals surface area (Å²) in [6.07, 6.45) is 16.4. The number of fused-ring (bicyclic) bond motifs is 8. The molecule has 4 bridgehead atoms. The number of aliphatic hydroxyl groups is 2. The molecule has 4 N–H and O–H groups in total. The van der Waals surface area contributed by atoms with Gasteiger partial charge in [-0.3, -0.25) is 19.6 Å². The summed E-state index contributed by atoms with van der Waals surface area (Å²) in [5.74, 6) is -0.0624. The SMILES string of the molecule is C[C@@H]1[C@@H](C)CCC[C@@](O)(c2ccccn2)[C@@H]2CC[C@H]2CN2C[C@@]3(CCCc4cc(Cl)ccc43)COc3ccc(cc32)C(=O)NS1(=O)=O.C[C@@H]1[C@@H](C)CCC[C@](O)(c2ccccn2)[C@@H]2CC[C@H]2CN2C[C@@]3(CCCc4cc(Cl)ccc43)COc3ccc(cc32)C(=O)NS1(=O)=O. The summed E-state index contributed by atoms with van der Waals surface area (Å²) in [7, 11) is -7.91. The Labute approximate surface area is 564 Å². The third-order valence-electron chi connectivity index (χ3n) is 23.3. The first-order valence-electron chi connectivity index (χ1n) is 34.0. The summed E-state index contributed by atoms with van der Waals surface area (Å²) in [5, 5.41) is 25.0. The maximum atomic E-state index is 13.5. The fraction of sp³-hybridized carbons (Fsp3) is 0.514. The lowest BCUT2D eigenvalue weighted by molar-refractivity contribution is -0.0981. The average Bonchev–Trinajstić information content (AvgIpc) is 1.32. The zero-order chi connectivity index (χ0) is 66.0. The van der Waals surface area contributed by atoms with Gasteiger partial charge in [-0.2, -0.15) is 0 Å². The molecule has 2 aromatic heterocycles. The quantitative estimate of drug-likeness (QED) is 0.127. The van der Waals surface area contributed by atoms with Crippen LogP contribution in [0.25, 0.3) is 0 Å². The van der Waals surface area contributed by atoms with Crippen LogP contribution in [0.2, 0.25) is 10.0 Å². The number of carbonyl (C=O) groups excluding carboxylic acids is 2. The van der Waals surface area contributed by atoms with Gasteiger partial charge >= 0.3 is 0 Å². The molecule has 4 aliphatic carbocycles. The molecule has 2 saturated carbocycles. The predicted molar refractivity (Wildman–Crippen MR) is 367 cm³/mol. The molecule has 6 aromatic rings. The van der Waals surface area contributed by atoms with E-state index in [1.165, 1.54) is 22.3 Å². The van der Waals surface area contributed by atoms with Gasteiger partial charge in [-0.25, -0.2) is 26.3 Å². The van der Waals surface area contributed by atoms with Crippen LogP contribution in [0.3, 0.4) is 0 Å². The highest BCUT2D eigenvalue weighted by Gasteiger charge is 2.53. The Morgan fingerprint density at radius 2 is 0.947 bits per heavy atom. The maximum absolute atomic E-state index is 13.5. The molecule has 0 radical (unpaired) electrons. The molecule has 0 saturated heterocycles. The van der Waals surface area contributed by atoms with Crippen LogP contribution in [-0.2, 0) is 54.9 Å². The topological polar surface area (TPSA) is 218 Å². The van der Waals surface area contributed by atoms with E-state index in [1.54, 1.807) is 62.6 Å². The molecule has 16 nitrogen and oxygen atoms in total. The van der Waals surface area contributed by atoms with Crippen LogP contribution < -0.4 is 28.7 Å². The smallest absolute Gasteiger partial charge is 0.264 e. The van der Waals surface area contributed by atoms with Crippen molar-refractivity contribution in [2.24, 2.45) is 35.5 Å². The standard InChI is InChI=1S/2C37H44ClN3O5S/c2*1-24-7-5-17-37(43,34-9-3-4-18-39-34)31-13-10-28(31)21-41-22-36(16-6-8-26-19-29(38)12-14-30(26)36)23-46-33-15-11-27(20-32(33)41)35(42)40-47(44,45)25(24)2/h2*3-4,9,11-12,14-15,18-20,24-25,28,31,43H,5-8,10,13,16-17,21-23H2,1-2H3,(H,40,42)/t24-,25+,28-,31+,36-,37+;24-,25+,28-,31+,36-,37-/m00/s1. The maximum Gasteiger partial charge on any atom is 0.264 e. The number of aryl methyl sites for hydroxylation is 2. The summed E-state index contributed by atoms with van der Waals surface area (Å²) in [6, 6.07) is 34.2. The van der Waals surface area contributed by atoms with E-state index in [-0.39, 0.29) is 57.5 Å². The molecule has 94 heavy (non-hydrogen) atoms. The Balaban J connectivity index is 0.000000171. The van der Waals surface area contributed by atoms with Gasteiger partial charge in [-0.15, -0.1) is 0 Å². The number of ether oxygens (including phenoxy) is 2. The molecular formula is C74H88Cl2N6O10S2. The number of hydrogen-bond donors (Lipinski definition) is 4. The summed E-state index contributed by atoms with van der Waals surface area (Å²) in [5.41, 5.74) is 5.53. The van der Waals surface area contributed by atoms with E-state index in [4.69, 9.17) is 32.7 Å². The minimum atomic E-state index is -3.96. The molecule has 4 aliphatic heterocycles. The highest BCUT2D eigenvalue weighted by molar-refractivity contribution is 7.91. The zero-order valence-electron chi connectivity index (χ0n) is 54.2. The fourth-order valence-corrected chi connectivity index (χ4v) is 20.2. The molecule has 0 unspecified atom stereocenters. The van der Waals surface area contributed by atoms with Crippen LogP contribution >= 0.6 is 23.2 Å². The molecule has 14 rings (SSSR count). The summed E-state index contributed by atoms with van der Waals surface area (Å²) in [4.78, 5) is 41.0. The van der Waals surface area contributed by atoms with Crippen molar-refractivity contribution >= 4 is 66.4 Å². The van der Waals surface area contributed by atoms with Gasteiger partial charge in [0.25, 0.3) is 11.8 Å². The van der Waals surface area contributed by atoms with Gasteiger partial charge in [0, 0.05) is 70.6 Å². The van der Waals surface area contributed by atoms with Gasteiger partial charge in [-0.1, -0.05) is 61.3 Å². The van der Waals surface area contributed by atoms with E-state index in [0.29, 0.717) is 101 Å². The van der Waals surface area contributed by atoms with Crippen LogP contribution in [-0.4, -0.2) is 98.7 Å². The molecule has 2 spiro atoms. The predicted octanol–water partition coefficient (Wildman–Crippen LogP) is 12.8. The second-order valence-corrected chi connectivity index (χ2v) is 33.8. The van der Waals surface area contributed by atoms with Crippen LogP contribution in [0.4, 0.5) is 11.4 Å². The zero-order valence-corrected chi connectivity index (χ0v) is 57.4. The molecule has 4 aromatic carbocycles. The fourth-order valence-electron chi connectivity index (χ4n) is 17.2. The lowest BCUT2D eigenvalue weighted by Gasteiger charge is -2.50. The Kier molecular flexibility index (Phi) is 18.5. The molecule has 2 amide bonds. The first-order valence-corrected chi connectivity index (χ1v) is 37.8. The number of halogens is 2. The Morgan fingerprint density at radius 1 is 0.521 bits per heavy atom. The van der Waals surface area contributed by atoms with Gasteiger partial charge in [0.05, 0.1) is 46.5 Å². The lowest BCUT2D eigenvalue weighted by Crippen LogP contribution is -2.52. The highest BCUT2D eigenvalue weighted by atomic mass is 35.5. The van der Waals surface area contributed by atoms with E-state index in [2.05, 4.69) is 53.5 Å². The van der Waals surface area contributed by atoms with Crippen molar-refractivity contribution < 1.29 is 46.1 Å². The lowest BCUT2D eigenvalue weighted by atomic mass is 9.61. The van der Waals surface area contributed by atoms with Gasteiger partial charge < -0.3 is 29.5 Å². The van der Waals surface area contributed by atoms with E-state index < -0.39 is 53.6 Å². The van der Waals surface area contributed by atoms with Gasteiger partial charge in [-0.05, 0) is 259 Å². The van der Waals surface area contributed by atoms with Gasteiger partial charge in [0.1, 0.15) is 22.7 Å². The van der Waals surface area contributed by atoms with Crippen molar-refractivity contribution in [2.75, 3.05) is 49.2 Å². The van der Waals surface area contributed by atoms with Gasteiger partial charge in [0.15, 0.2) is 0 Å². The molecular weight excluding hydrogens is 1270 g/mol. The van der Waals surface area contributed by atoms with Crippen molar-refractivity contribution in [2.45, 2.75) is 163 Å². The Hall–Kier alpha value is -6.28. The first-order chi connectivity index (χ1) is 45.0. The van der Waals surface area contributed by atoms with E-state index in [0.717, 1.165) is 85.6 Å². The van der Waals surface area contributed by atoms with Crippen molar-refractivity contribution in [3.63, 3.8) is 0 Å². The number of nitrogens with one attached hydrogen (secondary N) is 2. The number of benzene rings is 4. The number of carbonyl (C=O) groups is 2. The number of amides is 2. The second-order valence-electron chi connectivity index (χ2n) is 28.8. The molecule has 6 heterocycles. The monoisotopic (exact) mass is 1350 g/mol. The second kappa shape index (κ2) is 26.3. The number of hydrogen-bond acceptors (Lipinski definition) is 14. The van der Waals surface area contributed by atoms with E-state index in [9.17, 15) is 36.6 Å². The van der Waals surface area contributed by atoms with Crippen LogP contribution in [0, 0.1) is 35.5 Å². The Bertz CT molecular complexity index is 3800. The molecule has 2 fully saturated rings. The van der Waals surface area contributed by atoms with E-state index >= 15 is 0 Å². The number of rotatable bonds is 2. The number of pyridine rings is 2. The summed E-state index contributed by atoms with van der Waals surface area (Å²) < 4.78 is 71.6. The third-order valence-corrected chi connectivity index (χ3v) is 27.6. The van der Waals surface area contributed by atoms with Crippen LogP contribution in [0.1, 0.15) is 172 Å². The van der Waals surface area contributed by atoms with Crippen molar-refractivity contribution in [3.05, 3.63) is 176 Å². The summed E-state index contributed by atoms with van der Waals surface area (Å²) in [6.45, 7) is 10.7. The number of sulfonamides is 2. The number of aromatic nitrogens is 2. The van der Waals surface area contributed by atoms with Gasteiger partial charge in [0.2, 0.25) is 20.0 Å². The number of nitrogens with zero attached hydrogens (tertiary/aromatic N) is 4. The minimum absolute atomic E-state index is 0.0192. The number of anilines is 2. The summed E-state index contributed by atoms with van der Waals surface area (Å²) >= 11 is 12.9. The van der Waals surface area contributed by atoms with Crippen molar-refractivity contribution in [1.29, 1.82) is 0 Å². The van der Waals surface area contributed by atoms with E-state index in [1.807, 2.05) is 62.4 Å². The third kappa shape index (κ3) is 12.7. The van der Waals surface area contributed by atoms with Crippen LogP contribution in [0.15, 0.2) is 122 Å². The first kappa shape index (κ1) is 66.3. The van der Waals surface area contributed by atoms with Crippen molar-refractivity contribution in [1.82, 2.24) is 19.4 Å². The highest BCUT2D eigenvalue weighted by Crippen LogP contribution is 2.54. The molecule has 8 aliphatic rings.